The van der Waals surface area contributed by atoms with Gasteiger partial charge in [-0.05, 0) is 44.9 Å². The molecule has 1 atom stereocenters. The van der Waals surface area contributed by atoms with Gasteiger partial charge in [0.25, 0.3) is 0 Å². The third-order valence-corrected chi connectivity index (χ3v) is 15.0. The van der Waals surface area contributed by atoms with Crippen molar-refractivity contribution in [2.75, 3.05) is 13.2 Å². The van der Waals surface area contributed by atoms with Crippen LogP contribution in [0.5, 0.6) is 0 Å². The summed E-state index contributed by atoms with van der Waals surface area (Å²) in [7, 11) is 0. The van der Waals surface area contributed by atoms with Gasteiger partial charge in [-0.2, -0.15) is 0 Å². The molecule has 0 aliphatic heterocycles. The van der Waals surface area contributed by atoms with Gasteiger partial charge in [-0.3, -0.25) is 14.4 Å². The predicted molar refractivity (Wildman–Crippen MR) is 312 cm³/mol. The zero-order chi connectivity index (χ0) is 52.2. The third kappa shape index (κ3) is 59.0. The van der Waals surface area contributed by atoms with Gasteiger partial charge in [0.2, 0.25) is 0 Å². The maximum atomic E-state index is 12.8. The van der Waals surface area contributed by atoms with Crippen LogP contribution in [0.25, 0.3) is 0 Å². The molecule has 0 aliphatic carbocycles. The minimum Gasteiger partial charge on any atom is -0.462 e. The van der Waals surface area contributed by atoms with E-state index in [0.29, 0.717) is 19.3 Å². The average molecular weight is 1020 g/mol. The van der Waals surface area contributed by atoms with Crippen LogP contribution in [0.1, 0.15) is 374 Å². The standard InChI is InChI=1S/C66H126O6/c1-4-7-10-13-16-18-20-22-23-24-25-26-27-28-29-30-31-32-33-34-35-36-37-38-39-40-41-42-43-44-46-47-50-53-56-59-65(68)71-62-63(61-70-64(67)58-55-52-49-15-12-9-6-3)72-66(69)60-57-54-51-48-45-21-19-17-14-11-8-5-2/h24-25,63H,4-23,26-62H2,1-3H3/b25-24-. The number of esters is 3. The van der Waals surface area contributed by atoms with Crippen LogP contribution in [-0.4, -0.2) is 37.2 Å². The van der Waals surface area contributed by atoms with Gasteiger partial charge in [-0.25, -0.2) is 0 Å². The first-order valence-electron chi connectivity index (χ1n) is 32.7. The van der Waals surface area contributed by atoms with Crippen LogP contribution in [0.15, 0.2) is 12.2 Å². The Balaban J connectivity index is 3.84. The fourth-order valence-electron chi connectivity index (χ4n) is 10.1. The molecule has 0 spiro atoms. The highest BCUT2D eigenvalue weighted by molar-refractivity contribution is 5.71. The number of carbonyl (C=O) groups is 3. The molecule has 6 nitrogen and oxygen atoms in total. The summed E-state index contributed by atoms with van der Waals surface area (Å²) in [5.74, 6) is -0.847. The summed E-state index contributed by atoms with van der Waals surface area (Å²) in [5, 5.41) is 0. The van der Waals surface area contributed by atoms with Gasteiger partial charge in [-0.15, -0.1) is 0 Å². The third-order valence-electron chi connectivity index (χ3n) is 15.0. The Morgan fingerprint density at radius 3 is 0.694 bits per heavy atom. The zero-order valence-electron chi connectivity index (χ0n) is 49.0. The molecule has 0 saturated carbocycles. The van der Waals surface area contributed by atoms with Gasteiger partial charge in [0.05, 0.1) is 0 Å². The Kier molecular flexibility index (Phi) is 60.1. The van der Waals surface area contributed by atoms with Crippen molar-refractivity contribution in [2.24, 2.45) is 0 Å². The summed E-state index contributed by atoms with van der Waals surface area (Å²) in [6.07, 6.45) is 72.8. The highest BCUT2D eigenvalue weighted by atomic mass is 16.6. The van der Waals surface area contributed by atoms with Crippen molar-refractivity contribution < 1.29 is 28.6 Å². The number of carbonyl (C=O) groups excluding carboxylic acids is 3. The van der Waals surface area contributed by atoms with Crippen LogP contribution in [0.2, 0.25) is 0 Å². The predicted octanol–water partition coefficient (Wildman–Crippen LogP) is 22.1. The van der Waals surface area contributed by atoms with E-state index in [1.165, 1.54) is 276 Å². The number of rotatable bonds is 61. The van der Waals surface area contributed by atoms with Crippen molar-refractivity contribution in [3.63, 3.8) is 0 Å². The lowest BCUT2D eigenvalue weighted by atomic mass is 10.0. The lowest BCUT2D eigenvalue weighted by Gasteiger charge is -2.18. The van der Waals surface area contributed by atoms with Crippen molar-refractivity contribution in [1.29, 1.82) is 0 Å². The highest BCUT2D eigenvalue weighted by Crippen LogP contribution is 2.18. The van der Waals surface area contributed by atoms with Crippen molar-refractivity contribution in [1.82, 2.24) is 0 Å². The number of hydrogen-bond donors (Lipinski definition) is 0. The maximum Gasteiger partial charge on any atom is 0.306 e. The molecule has 0 aromatic rings. The molecule has 0 rings (SSSR count). The van der Waals surface area contributed by atoms with Crippen LogP contribution in [0.3, 0.4) is 0 Å². The van der Waals surface area contributed by atoms with E-state index in [-0.39, 0.29) is 31.1 Å². The Hall–Kier alpha value is -1.85. The zero-order valence-corrected chi connectivity index (χ0v) is 49.0. The van der Waals surface area contributed by atoms with E-state index >= 15 is 0 Å². The van der Waals surface area contributed by atoms with E-state index in [0.717, 1.165) is 57.8 Å². The largest absolute Gasteiger partial charge is 0.462 e. The molecule has 0 aromatic carbocycles. The second-order valence-corrected chi connectivity index (χ2v) is 22.4. The normalized spacial score (nSPS) is 12.0. The SMILES string of the molecule is CCCCCCCCCC/C=C\CCCCCCCCCCCCCCCCCCCCCCCCCC(=O)OCC(COC(=O)CCCCCCCCC)OC(=O)CCCCCCCCCCCCCC. The molecule has 0 aromatic heterocycles. The Bertz CT molecular complexity index is 1120. The quantitative estimate of drug-likeness (QED) is 0.0261. The van der Waals surface area contributed by atoms with Crippen LogP contribution in [-0.2, 0) is 28.6 Å². The highest BCUT2D eigenvalue weighted by Gasteiger charge is 2.19. The topological polar surface area (TPSA) is 78.9 Å². The van der Waals surface area contributed by atoms with E-state index in [1.807, 2.05) is 0 Å². The van der Waals surface area contributed by atoms with E-state index in [9.17, 15) is 14.4 Å². The number of unbranched alkanes of at least 4 members (excludes halogenated alkanes) is 48. The lowest BCUT2D eigenvalue weighted by Crippen LogP contribution is -2.30. The molecular formula is C66H126O6. The maximum absolute atomic E-state index is 12.8. The first kappa shape index (κ1) is 70.1. The van der Waals surface area contributed by atoms with Crippen molar-refractivity contribution >= 4 is 17.9 Å². The Labute approximate surface area is 450 Å². The van der Waals surface area contributed by atoms with Crippen LogP contribution in [0, 0.1) is 0 Å². The van der Waals surface area contributed by atoms with E-state index < -0.39 is 6.10 Å². The molecule has 6 heteroatoms. The van der Waals surface area contributed by atoms with Gasteiger partial charge < -0.3 is 14.2 Å². The monoisotopic (exact) mass is 1010 g/mol. The second-order valence-electron chi connectivity index (χ2n) is 22.4. The molecule has 0 heterocycles. The van der Waals surface area contributed by atoms with Crippen LogP contribution in [0.4, 0.5) is 0 Å². The van der Waals surface area contributed by atoms with Gasteiger partial charge in [0, 0.05) is 19.3 Å². The summed E-state index contributed by atoms with van der Waals surface area (Å²) < 4.78 is 16.8. The first-order chi connectivity index (χ1) is 35.5. The fraction of sp³-hybridized carbons (Fsp3) is 0.924. The van der Waals surface area contributed by atoms with Gasteiger partial charge >= 0.3 is 17.9 Å². The lowest BCUT2D eigenvalue weighted by molar-refractivity contribution is -0.167. The molecule has 72 heavy (non-hydrogen) atoms. The Morgan fingerprint density at radius 1 is 0.264 bits per heavy atom. The molecule has 426 valence electrons. The first-order valence-corrected chi connectivity index (χ1v) is 32.7. The van der Waals surface area contributed by atoms with Gasteiger partial charge in [0.1, 0.15) is 13.2 Å². The van der Waals surface area contributed by atoms with E-state index in [4.69, 9.17) is 14.2 Å². The molecule has 0 aliphatic rings. The number of hydrogen-bond acceptors (Lipinski definition) is 6. The van der Waals surface area contributed by atoms with Crippen LogP contribution >= 0.6 is 0 Å². The summed E-state index contributed by atoms with van der Waals surface area (Å²) in [6.45, 7) is 6.65. The number of allylic oxidation sites excluding steroid dienone is 2. The van der Waals surface area contributed by atoms with Gasteiger partial charge in [-0.1, -0.05) is 322 Å². The average Bonchev–Trinajstić information content (AvgIpc) is 3.38. The van der Waals surface area contributed by atoms with Crippen LogP contribution < -0.4 is 0 Å². The Morgan fingerprint density at radius 2 is 0.458 bits per heavy atom. The van der Waals surface area contributed by atoms with Gasteiger partial charge in [0.15, 0.2) is 6.10 Å². The molecular weight excluding hydrogens is 889 g/mol. The summed E-state index contributed by atoms with van der Waals surface area (Å²) >= 11 is 0. The summed E-state index contributed by atoms with van der Waals surface area (Å²) in [5.41, 5.74) is 0. The van der Waals surface area contributed by atoms with Crippen molar-refractivity contribution in [3.05, 3.63) is 12.2 Å². The number of ether oxygens (including phenoxy) is 3. The molecule has 0 amide bonds. The molecule has 0 fully saturated rings. The molecule has 0 saturated heterocycles. The van der Waals surface area contributed by atoms with E-state index in [1.54, 1.807) is 0 Å². The molecule has 0 N–H and O–H groups in total. The molecule has 1 unspecified atom stereocenters. The second kappa shape index (κ2) is 61.7. The van der Waals surface area contributed by atoms with E-state index in [2.05, 4.69) is 32.9 Å². The molecule has 0 bridgehead atoms. The summed E-state index contributed by atoms with van der Waals surface area (Å²) in [4.78, 5) is 37.9. The minimum atomic E-state index is -0.761. The smallest absolute Gasteiger partial charge is 0.306 e. The summed E-state index contributed by atoms with van der Waals surface area (Å²) in [6, 6.07) is 0. The van der Waals surface area contributed by atoms with Crippen molar-refractivity contribution in [2.45, 2.75) is 380 Å². The fourth-order valence-corrected chi connectivity index (χ4v) is 10.1. The molecule has 0 radical (unpaired) electrons. The minimum absolute atomic E-state index is 0.0632. The van der Waals surface area contributed by atoms with Crippen molar-refractivity contribution in [3.8, 4) is 0 Å².